The van der Waals surface area contributed by atoms with Gasteiger partial charge in [-0.15, -0.1) is 0 Å². The minimum atomic E-state index is -3.03. The largest absolute Gasteiger partial charge is 0.480 e. The van der Waals surface area contributed by atoms with Crippen LogP contribution < -0.4 is 9.64 Å². The second-order valence-electron chi connectivity index (χ2n) is 10.9. The zero-order chi connectivity index (χ0) is 28.5. The van der Waals surface area contributed by atoms with Gasteiger partial charge in [0.2, 0.25) is 5.88 Å². The highest BCUT2D eigenvalue weighted by molar-refractivity contribution is 5.91. The van der Waals surface area contributed by atoms with Crippen LogP contribution in [-0.2, 0) is 29.9 Å². The summed E-state index contributed by atoms with van der Waals surface area (Å²) in [4.78, 5) is 37.3. The molecular weight excluding hydrogens is 532 g/mol. The first-order valence-electron chi connectivity index (χ1n) is 13.4. The molecule has 0 radical (unpaired) electrons. The lowest BCUT2D eigenvalue weighted by Gasteiger charge is -2.33. The average molecular weight is 560 g/mol. The number of amides is 1. The van der Waals surface area contributed by atoms with E-state index in [2.05, 4.69) is 19.9 Å². The molecule has 4 aromatic rings. The van der Waals surface area contributed by atoms with Crippen LogP contribution in [0.25, 0.3) is 22.8 Å². The second kappa shape index (κ2) is 9.02. The quantitative estimate of drug-likeness (QED) is 0.293. The van der Waals surface area contributed by atoms with Crippen LogP contribution in [0, 0.1) is 0 Å². The highest BCUT2D eigenvalue weighted by Crippen LogP contribution is 2.55. The number of hydrogen-bond acceptors (Lipinski definition) is 8. The van der Waals surface area contributed by atoms with Gasteiger partial charge in [-0.25, -0.2) is 29.7 Å². The SMILES string of the molecule is COc1ncnc(C2CC2)c1-c1ncc2c(n1)N(Cc1ccc(-c3nc(C(C)(F)F)cn3C)cc1)C(=O)OC21CC1. The Morgan fingerprint density at radius 3 is 2.51 bits per heavy atom. The first-order valence-corrected chi connectivity index (χ1v) is 13.4. The van der Waals surface area contributed by atoms with Crippen molar-refractivity contribution in [3.05, 3.63) is 65.5 Å². The van der Waals surface area contributed by atoms with Gasteiger partial charge < -0.3 is 14.0 Å². The van der Waals surface area contributed by atoms with Crippen molar-refractivity contribution < 1.29 is 23.0 Å². The first-order chi connectivity index (χ1) is 19.7. The zero-order valence-corrected chi connectivity index (χ0v) is 22.8. The maximum Gasteiger partial charge on any atom is 0.416 e. The molecule has 3 aliphatic rings. The van der Waals surface area contributed by atoms with E-state index in [9.17, 15) is 13.6 Å². The van der Waals surface area contributed by atoms with Crippen molar-refractivity contribution in [3.63, 3.8) is 0 Å². The molecule has 2 aliphatic carbocycles. The van der Waals surface area contributed by atoms with Gasteiger partial charge in [0.25, 0.3) is 5.92 Å². The molecular formula is C29H27F2N7O3. The van der Waals surface area contributed by atoms with E-state index in [1.54, 1.807) is 37.1 Å². The number of ether oxygens (including phenoxy) is 2. The molecule has 1 amide bonds. The number of alkyl halides is 2. The molecule has 7 rings (SSSR count). The van der Waals surface area contributed by atoms with E-state index in [4.69, 9.17) is 14.5 Å². The second-order valence-corrected chi connectivity index (χ2v) is 10.9. The van der Waals surface area contributed by atoms with E-state index in [0.717, 1.165) is 36.6 Å². The Labute approximate surface area is 234 Å². The number of carbonyl (C=O) groups excluding carboxylic acids is 1. The van der Waals surface area contributed by atoms with Crippen LogP contribution in [-0.4, -0.2) is 42.7 Å². The molecule has 0 unspecified atom stereocenters. The van der Waals surface area contributed by atoms with Crippen LogP contribution in [0.3, 0.4) is 0 Å². The molecule has 4 heterocycles. The molecule has 1 spiro atoms. The van der Waals surface area contributed by atoms with Crippen molar-refractivity contribution in [2.45, 2.75) is 56.6 Å². The molecule has 0 saturated heterocycles. The van der Waals surface area contributed by atoms with E-state index in [0.29, 0.717) is 53.2 Å². The molecule has 0 N–H and O–H groups in total. The number of carbonyl (C=O) groups is 1. The normalized spacial score (nSPS) is 17.4. The number of rotatable bonds is 7. The van der Waals surface area contributed by atoms with Crippen LogP contribution in [0.15, 0.2) is 43.0 Å². The van der Waals surface area contributed by atoms with Gasteiger partial charge in [-0.1, -0.05) is 24.3 Å². The summed E-state index contributed by atoms with van der Waals surface area (Å²) in [5, 5.41) is 0. The predicted molar refractivity (Wildman–Crippen MR) is 143 cm³/mol. The molecule has 210 valence electrons. The zero-order valence-electron chi connectivity index (χ0n) is 22.8. The number of imidazole rings is 1. The summed E-state index contributed by atoms with van der Waals surface area (Å²) in [7, 11) is 3.23. The Morgan fingerprint density at radius 1 is 1.12 bits per heavy atom. The van der Waals surface area contributed by atoms with Crippen LogP contribution >= 0.6 is 0 Å². The maximum absolute atomic E-state index is 13.8. The number of halogens is 2. The summed E-state index contributed by atoms with van der Waals surface area (Å²) in [6.07, 6.45) is 7.54. The number of aromatic nitrogens is 6. The van der Waals surface area contributed by atoms with Gasteiger partial charge >= 0.3 is 6.09 Å². The lowest BCUT2D eigenvalue weighted by atomic mass is 10.1. The van der Waals surface area contributed by atoms with Gasteiger partial charge in [0, 0.05) is 37.8 Å². The molecule has 3 aromatic heterocycles. The van der Waals surface area contributed by atoms with Crippen molar-refractivity contribution in [3.8, 4) is 28.7 Å². The maximum atomic E-state index is 13.8. The lowest BCUT2D eigenvalue weighted by Crippen LogP contribution is -2.41. The van der Waals surface area contributed by atoms with Gasteiger partial charge in [-0.05, 0) is 31.2 Å². The number of methoxy groups -OCH3 is 1. The topological polar surface area (TPSA) is 108 Å². The fourth-order valence-electron chi connectivity index (χ4n) is 5.31. The van der Waals surface area contributed by atoms with Crippen LogP contribution in [0.2, 0.25) is 0 Å². The summed E-state index contributed by atoms with van der Waals surface area (Å²) < 4.78 is 40.6. The Hall–Kier alpha value is -4.48. The van der Waals surface area contributed by atoms with Crippen LogP contribution in [0.4, 0.5) is 19.4 Å². The number of nitrogens with zero attached hydrogens (tertiary/aromatic N) is 7. The van der Waals surface area contributed by atoms with E-state index in [-0.39, 0.29) is 12.2 Å². The van der Waals surface area contributed by atoms with Gasteiger partial charge in [0.05, 0.1) is 24.9 Å². The molecule has 0 bridgehead atoms. The van der Waals surface area contributed by atoms with Crippen molar-refractivity contribution >= 4 is 11.9 Å². The van der Waals surface area contributed by atoms with Gasteiger partial charge in [-0.3, -0.25) is 4.90 Å². The number of hydrogen-bond donors (Lipinski definition) is 0. The van der Waals surface area contributed by atoms with Crippen LogP contribution in [0.1, 0.15) is 61.0 Å². The Balaban J connectivity index is 1.24. The number of anilines is 1. The molecule has 12 heteroatoms. The minimum Gasteiger partial charge on any atom is -0.480 e. The van der Waals surface area contributed by atoms with Crippen molar-refractivity contribution in [2.24, 2.45) is 7.05 Å². The first kappa shape index (κ1) is 25.5. The standard InChI is InChI=1S/C29H27F2N7O3/c1-28(30,31)20-14-37(2)24(35-20)18-6-4-16(5-7-18)13-38-25-19(29(10-11-29)41-27(38)39)12-32-23(36-25)21-22(17-8-9-17)33-15-34-26(21)40-3/h4-7,12,14-15,17H,8-11,13H2,1-3H3. The Kier molecular flexibility index (Phi) is 5.60. The fraction of sp³-hybridized carbons (Fsp3) is 0.379. The fourth-order valence-corrected chi connectivity index (χ4v) is 5.31. The van der Waals surface area contributed by atoms with Gasteiger partial charge in [-0.2, -0.15) is 8.78 Å². The number of benzene rings is 1. The van der Waals surface area contributed by atoms with Crippen molar-refractivity contribution in [1.29, 1.82) is 0 Å². The summed E-state index contributed by atoms with van der Waals surface area (Å²) in [6, 6.07) is 7.27. The molecule has 2 fully saturated rings. The number of fused-ring (bicyclic) bond motifs is 2. The molecule has 41 heavy (non-hydrogen) atoms. The van der Waals surface area contributed by atoms with E-state index < -0.39 is 17.6 Å². The molecule has 0 atom stereocenters. The predicted octanol–water partition coefficient (Wildman–Crippen LogP) is 5.48. The molecule has 1 aliphatic heterocycles. The third-order valence-electron chi connectivity index (χ3n) is 7.82. The monoisotopic (exact) mass is 559 g/mol. The minimum absolute atomic E-state index is 0.190. The molecule has 2 saturated carbocycles. The summed E-state index contributed by atoms with van der Waals surface area (Å²) in [5.41, 5.74) is 2.75. The molecule has 1 aromatic carbocycles. The van der Waals surface area contributed by atoms with E-state index >= 15 is 0 Å². The third kappa shape index (κ3) is 4.37. The summed E-state index contributed by atoms with van der Waals surface area (Å²) in [6.45, 7) is 1.02. The van der Waals surface area contributed by atoms with Gasteiger partial charge in [0.15, 0.2) is 5.82 Å². The Morgan fingerprint density at radius 2 is 1.88 bits per heavy atom. The summed E-state index contributed by atoms with van der Waals surface area (Å²) in [5.74, 6) is -1.04. The van der Waals surface area contributed by atoms with E-state index in [1.807, 2.05) is 12.1 Å². The summed E-state index contributed by atoms with van der Waals surface area (Å²) >= 11 is 0. The molecule has 10 nitrogen and oxygen atoms in total. The lowest BCUT2D eigenvalue weighted by molar-refractivity contribution is 0.0131. The third-order valence-corrected chi connectivity index (χ3v) is 7.82. The highest BCUT2D eigenvalue weighted by Gasteiger charge is 2.55. The van der Waals surface area contributed by atoms with E-state index in [1.165, 1.54) is 17.4 Å². The van der Waals surface area contributed by atoms with Crippen molar-refractivity contribution in [1.82, 2.24) is 29.5 Å². The van der Waals surface area contributed by atoms with Gasteiger partial charge in [0.1, 0.15) is 34.8 Å². The Bertz CT molecular complexity index is 1670. The highest BCUT2D eigenvalue weighted by atomic mass is 19.3. The smallest absolute Gasteiger partial charge is 0.416 e. The number of aryl methyl sites for hydroxylation is 1. The van der Waals surface area contributed by atoms with Crippen molar-refractivity contribution in [2.75, 3.05) is 12.0 Å². The van der Waals surface area contributed by atoms with Crippen LogP contribution in [0.5, 0.6) is 5.88 Å². The average Bonchev–Trinajstić information content (AvgIpc) is 3.89.